The van der Waals surface area contributed by atoms with E-state index in [1.807, 2.05) is 30.3 Å². The van der Waals surface area contributed by atoms with E-state index in [2.05, 4.69) is 10.6 Å². The highest BCUT2D eigenvalue weighted by Gasteiger charge is 2.27. The molecule has 0 unspecified atom stereocenters. The van der Waals surface area contributed by atoms with Gasteiger partial charge in [0.1, 0.15) is 18.4 Å². The molecule has 2 rings (SSSR count). The fraction of sp³-hybridized carbons (Fsp3) is 0.364. The largest absolute Gasteiger partial charge is 0.508 e. The number of aromatic hydroxyl groups is 1. The maximum atomic E-state index is 12.8. The second-order valence-electron chi connectivity index (χ2n) is 6.89. The summed E-state index contributed by atoms with van der Waals surface area (Å²) in [7, 11) is 2.95. The van der Waals surface area contributed by atoms with Crippen LogP contribution in [0.2, 0.25) is 0 Å². The Morgan fingerprint density at radius 3 is 2.23 bits per heavy atom. The lowest BCUT2D eigenvalue weighted by molar-refractivity contribution is -0.190. The van der Waals surface area contributed by atoms with Crippen molar-refractivity contribution < 1.29 is 28.9 Å². The number of alkyl carbamates (subject to hydrolysis) is 1. The molecule has 0 aliphatic rings. The highest BCUT2D eigenvalue weighted by atomic mass is 16.7. The van der Waals surface area contributed by atoms with Gasteiger partial charge in [-0.2, -0.15) is 0 Å². The number of benzene rings is 2. The van der Waals surface area contributed by atoms with Crippen LogP contribution < -0.4 is 10.6 Å². The molecular weight excluding hydrogens is 388 g/mol. The molecule has 0 aliphatic carbocycles. The first-order chi connectivity index (χ1) is 14.3. The van der Waals surface area contributed by atoms with E-state index in [-0.39, 0.29) is 25.3 Å². The molecule has 2 amide bonds. The average molecular weight is 416 g/mol. The van der Waals surface area contributed by atoms with Crippen molar-refractivity contribution in [2.75, 3.05) is 20.8 Å². The fourth-order valence-electron chi connectivity index (χ4n) is 2.58. The molecule has 0 radical (unpaired) electrons. The standard InChI is InChI=1S/C22H28N2O6/c1-22(28-2,29-3)15-23-20(26)19(13-16-9-11-18(25)12-10-16)24-21(27)30-14-17-7-5-4-6-8-17/h4-12,19,25H,13-15H2,1-3H3,(H,23,26)(H,24,27)/t19-/m0/s1. The number of phenols is 1. The maximum absolute atomic E-state index is 12.8. The number of carbonyl (C=O) groups excluding carboxylic acids is 2. The molecule has 3 N–H and O–H groups in total. The Morgan fingerprint density at radius 1 is 1.00 bits per heavy atom. The number of hydrogen-bond acceptors (Lipinski definition) is 6. The number of hydrogen-bond donors (Lipinski definition) is 3. The average Bonchev–Trinajstić information content (AvgIpc) is 2.77. The molecule has 2 aromatic rings. The van der Waals surface area contributed by atoms with Crippen LogP contribution >= 0.6 is 0 Å². The zero-order valence-electron chi connectivity index (χ0n) is 17.4. The van der Waals surface area contributed by atoms with Gasteiger partial charge in [-0.1, -0.05) is 42.5 Å². The predicted molar refractivity (Wildman–Crippen MR) is 111 cm³/mol. The quantitative estimate of drug-likeness (QED) is 0.514. The van der Waals surface area contributed by atoms with Gasteiger partial charge in [-0.15, -0.1) is 0 Å². The molecule has 2 aromatic carbocycles. The molecular formula is C22H28N2O6. The van der Waals surface area contributed by atoms with Gasteiger partial charge in [0.15, 0.2) is 5.79 Å². The fourth-order valence-corrected chi connectivity index (χ4v) is 2.58. The van der Waals surface area contributed by atoms with Crippen molar-refractivity contribution in [2.24, 2.45) is 0 Å². The van der Waals surface area contributed by atoms with Gasteiger partial charge >= 0.3 is 6.09 Å². The van der Waals surface area contributed by atoms with E-state index in [4.69, 9.17) is 14.2 Å². The molecule has 0 spiro atoms. The van der Waals surface area contributed by atoms with E-state index in [9.17, 15) is 14.7 Å². The summed E-state index contributed by atoms with van der Waals surface area (Å²) < 4.78 is 15.7. The van der Waals surface area contributed by atoms with Gasteiger partial charge in [-0.3, -0.25) is 4.79 Å². The first kappa shape index (κ1) is 23.2. The molecule has 162 valence electrons. The maximum Gasteiger partial charge on any atom is 0.408 e. The monoisotopic (exact) mass is 416 g/mol. The van der Waals surface area contributed by atoms with Crippen molar-refractivity contribution in [3.63, 3.8) is 0 Å². The third-order valence-corrected chi connectivity index (χ3v) is 4.64. The van der Waals surface area contributed by atoms with Crippen LogP contribution in [-0.2, 0) is 32.0 Å². The van der Waals surface area contributed by atoms with Crippen LogP contribution in [-0.4, -0.2) is 49.7 Å². The molecule has 0 saturated carbocycles. The summed E-state index contributed by atoms with van der Waals surface area (Å²) in [6.45, 7) is 1.86. The Hall–Kier alpha value is -3.10. The second-order valence-corrected chi connectivity index (χ2v) is 6.89. The van der Waals surface area contributed by atoms with Gasteiger partial charge in [0.05, 0.1) is 6.54 Å². The number of ether oxygens (including phenoxy) is 3. The van der Waals surface area contributed by atoms with Crippen molar-refractivity contribution in [1.82, 2.24) is 10.6 Å². The Morgan fingerprint density at radius 2 is 1.63 bits per heavy atom. The van der Waals surface area contributed by atoms with E-state index >= 15 is 0 Å². The summed E-state index contributed by atoms with van der Waals surface area (Å²) in [4.78, 5) is 25.0. The van der Waals surface area contributed by atoms with Crippen LogP contribution in [0, 0.1) is 0 Å². The van der Waals surface area contributed by atoms with Crippen molar-refractivity contribution in [2.45, 2.75) is 31.8 Å². The van der Waals surface area contributed by atoms with Crippen LogP contribution in [0.25, 0.3) is 0 Å². The molecule has 0 heterocycles. The molecule has 0 bridgehead atoms. The van der Waals surface area contributed by atoms with Crippen molar-refractivity contribution in [1.29, 1.82) is 0 Å². The number of methoxy groups -OCH3 is 2. The lowest BCUT2D eigenvalue weighted by atomic mass is 10.0. The third-order valence-electron chi connectivity index (χ3n) is 4.64. The normalized spacial score (nSPS) is 12.1. The molecule has 30 heavy (non-hydrogen) atoms. The van der Waals surface area contributed by atoms with Crippen LogP contribution in [0.4, 0.5) is 4.79 Å². The summed E-state index contributed by atoms with van der Waals surface area (Å²) >= 11 is 0. The Kier molecular flexibility index (Phi) is 8.64. The molecule has 8 heteroatoms. The molecule has 8 nitrogen and oxygen atoms in total. The van der Waals surface area contributed by atoms with E-state index in [1.165, 1.54) is 26.4 Å². The van der Waals surface area contributed by atoms with Gasteiger partial charge < -0.3 is 30.0 Å². The smallest absolute Gasteiger partial charge is 0.408 e. The van der Waals surface area contributed by atoms with E-state index in [0.29, 0.717) is 0 Å². The number of phenolic OH excluding ortho intramolecular Hbond substituents is 1. The van der Waals surface area contributed by atoms with Gasteiger partial charge in [-0.25, -0.2) is 4.79 Å². The summed E-state index contributed by atoms with van der Waals surface area (Å²) in [5.74, 6) is -1.29. The minimum absolute atomic E-state index is 0.0889. The lowest BCUT2D eigenvalue weighted by Gasteiger charge is -2.27. The summed E-state index contributed by atoms with van der Waals surface area (Å²) in [6, 6.07) is 14.7. The van der Waals surface area contributed by atoms with Crippen LogP contribution in [0.1, 0.15) is 18.1 Å². The number of rotatable bonds is 10. The van der Waals surface area contributed by atoms with Crippen molar-refractivity contribution in [3.05, 3.63) is 65.7 Å². The minimum atomic E-state index is -0.993. The first-order valence-corrected chi connectivity index (χ1v) is 9.48. The van der Waals surface area contributed by atoms with Gasteiger partial charge in [0.25, 0.3) is 0 Å². The van der Waals surface area contributed by atoms with Crippen LogP contribution in [0.3, 0.4) is 0 Å². The molecule has 0 saturated heterocycles. The summed E-state index contributed by atoms with van der Waals surface area (Å²) in [6.07, 6.45) is -0.498. The Balaban J connectivity index is 2.02. The van der Waals surface area contributed by atoms with Crippen LogP contribution in [0.15, 0.2) is 54.6 Å². The molecule has 0 aliphatic heterocycles. The lowest BCUT2D eigenvalue weighted by Crippen LogP contribution is -2.52. The third kappa shape index (κ3) is 7.38. The van der Waals surface area contributed by atoms with E-state index in [0.717, 1.165) is 11.1 Å². The molecule has 0 aromatic heterocycles. The van der Waals surface area contributed by atoms with Crippen LogP contribution in [0.5, 0.6) is 5.75 Å². The zero-order valence-corrected chi connectivity index (χ0v) is 17.4. The highest BCUT2D eigenvalue weighted by molar-refractivity contribution is 5.86. The molecule has 0 fully saturated rings. The number of amides is 2. The summed E-state index contributed by atoms with van der Waals surface area (Å²) in [5, 5.41) is 14.8. The number of carbonyl (C=O) groups is 2. The molecule has 1 atom stereocenters. The predicted octanol–water partition coefficient (Wildman–Crippen LogP) is 2.35. The second kappa shape index (κ2) is 11.2. The Bertz CT molecular complexity index is 806. The van der Waals surface area contributed by atoms with E-state index in [1.54, 1.807) is 19.1 Å². The minimum Gasteiger partial charge on any atom is -0.508 e. The highest BCUT2D eigenvalue weighted by Crippen LogP contribution is 2.12. The number of nitrogens with one attached hydrogen (secondary N) is 2. The van der Waals surface area contributed by atoms with Gasteiger partial charge in [0.2, 0.25) is 5.91 Å². The zero-order chi connectivity index (χ0) is 22.0. The topological polar surface area (TPSA) is 106 Å². The SMILES string of the molecule is COC(C)(CNC(=O)[C@H](Cc1ccc(O)cc1)NC(=O)OCc1ccccc1)OC. The summed E-state index contributed by atoms with van der Waals surface area (Å²) in [5.41, 5.74) is 1.60. The van der Waals surface area contributed by atoms with Gasteiger partial charge in [-0.05, 0) is 30.2 Å². The Labute approximate surface area is 176 Å². The van der Waals surface area contributed by atoms with Crippen molar-refractivity contribution >= 4 is 12.0 Å². The van der Waals surface area contributed by atoms with Gasteiger partial charge in [0, 0.05) is 20.6 Å². The van der Waals surface area contributed by atoms with E-state index < -0.39 is 23.8 Å². The first-order valence-electron chi connectivity index (χ1n) is 9.48. The van der Waals surface area contributed by atoms with Crippen molar-refractivity contribution in [3.8, 4) is 5.75 Å².